The molecule has 8 nitrogen and oxygen atoms in total. The van der Waals surface area contributed by atoms with E-state index in [0.717, 1.165) is 22.4 Å². The Labute approximate surface area is 150 Å². The van der Waals surface area contributed by atoms with E-state index in [1.807, 2.05) is 31.5 Å². The van der Waals surface area contributed by atoms with Gasteiger partial charge in [0.15, 0.2) is 0 Å². The Bertz CT molecular complexity index is 924. The van der Waals surface area contributed by atoms with E-state index in [2.05, 4.69) is 31.8 Å². The van der Waals surface area contributed by atoms with Gasteiger partial charge in [-0.1, -0.05) is 6.07 Å². The summed E-state index contributed by atoms with van der Waals surface area (Å²) in [4.78, 5) is 19.5. The minimum Gasteiger partial charge on any atom is -0.442 e. The number of carbonyl (C=O) groups excluding carboxylic acids is 1. The molecule has 1 aliphatic heterocycles. The predicted molar refractivity (Wildman–Crippen MR) is 96.0 cm³/mol. The highest BCUT2D eigenvalue weighted by molar-refractivity contribution is 5.70. The standard InChI is InChI=1S/C18H18N6O2/c1-12-5-13(7-15(6-12)23-17-19-3-2-4-20-17)14-8-22-24(10-14)11-16-9-21-18(25)26-16/h2-8,10,16H,9,11H2,1H3,(H,21,25)(H,19,20,23)/t16-/m1/s1. The lowest BCUT2D eigenvalue weighted by molar-refractivity contribution is 0.129. The second-order valence-electron chi connectivity index (χ2n) is 6.14. The van der Waals surface area contributed by atoms with Gasteiger partial charge < -0.3 is 15.4 Å². The van der Waals surface area contributed by atoms with Gasteiger partial charge in [-0.3, -0.25) is 4.68 Å². The molecule has 1 atom stereocenters. The largest absolute Gasteiger partial charge is 0.442 e. The quantitative estimate of drug-likeness (QED) is 0.734. The lowest BCUT2D eigenvalue weighted by atomic mass is 10.1. The zero-order valence-electron chi connectivity index (χ0n) is 14.2. The summed E-state index contributed by atoms with van der Waals surface area (Å²) in [5.41, 5.74) is 4.05. The van der Waals surface area contributed by atoms with Gasteiger partial charge in [0.25, 0.3) is 0 Å². The first-order chi connectivity index (χ1) is 12.7. The summed E-state index contributed by atoms with van der Waals surface area (Å²) in [6, 6.07) is 7.93. The molecule has 3 heterocycles. The van der Waals surface area contributed by atoms with E-state index >= 15 is 0 Å². The number of amides is 1. The van der Waals surface area contributed by atoms with Crippen LogP contribution in [0.15, 0.2) is 49.1 Å². The molecular formula is C18H18N6O2. The summed E-state index contributed by atoms with van der Waals surface area (Å²) in [6.07, 6.45) is 6.58. The molecule has 1 fully saturated rings. The Morgan fingerprint density at radius 3 is 2.88 bits per heavy atom. The van der Waals surface area contributed by atoms with Crippen LogP contribution in [0, 0.1) is 6.92 Å². The van der Waals surface area contributed by atoms with Crippen molar-refractivity contribution in [3.05, 3.63) is 54.6 Å². The van der Waals surface area contributed by atoms with Gasteiger partial charge >= 0.3 is 6.09 Å². The molecule has 8 heteroatoms. The van der Waals surface area contributed by atoms with Crippen LogP contribution in [-0.4, -0.2) is 38.5 Å². The van der Waals surface area contributed by atoms with Crippen molar-refractivity contribution in [2.24, 2.45) is 0 Å². The molecule has 0 saturated carbocycles. The molecule has 0 bridgehead atoms. The van der Waals surface area contributed by atoms with Gasteiger partial charge in [-0.15, -0.1) is 0 Å². The highest BCUT2D eigenvalue weighted by Gasteiger charge is 2.23. The Balaban J connectivity index is 1.53. The topological polar surface area (TPSA) is 94.0 Å². The van der Waals surface area contributed by atoms with Gasteiger partial charge in [0, 0.05) is 29.8 Å². The molecule has 1 saturated heterocycles. The number of benzene rings is 1. The Morgan fingerprint density at radius 2 is 2.12 bits per heavy atom. The number of anilines is 2. The normalized spacial score (nSPS) is 16.2. The smallest absolute Gasteiger partial charge is 0.407 e. The number of nitrogens with one attached hydrogen (secondary N) is 2. The Kier molecular flexibility index (Phi) is 4.22. The zero-order chi connectivity index (χ0) is 17.9. The predicted octanol–water partition coefficient (Wildman–Crippen LogP) is 2.50. The van der Waals surface area contributed by atoms with Gasteiger partial charge in [-0.2, -0.15) is 5.10 Å². The molecule has 1 amide bonds. The summed E-state index contributed by atoms with van der Waals surface area (Å²) < 4.78 is 6.94. The zero-order valence-corrected chi connectivity index (χ0v) is 14.2. The summed E-state index contributed by atoms with van der Waals surface area (Å²) in [5.74, 6) is 0.551. The number of nitrogens with zero attached hydrogens (tertiary/aromatic N) is 4. The fraction of sp³-hybridized carbons (Fsp3) is 0.222. The van der Waals surface area contributed by atoms with Crippen LogP contribution in [0.25, 0.3) is 11.1 Å². The van der Waals surface area contributed by atoms with Crippen molar-refractivity contribution in [3.63, 3.8) is 0 Å². The fourth-order valence-corrected chi connectivity index (χ4v) is 2.87. The third kappa shape index (κ3) is 3.64. The van der Waals surface area contributed by atoms with Crippen molar-refractivity contribution in [1.82, 2.24) is 25.1 Å². The number of carbonyl (C=O) groups is 1. The lowest BCUT2D eigenvalue weighted by Gasteiger charge is -2.08. The van der Waals surface area contributed by atoms with E-state index in [-0.39, 0.29) is 12.2 Å². The maximum absolute atomic E-state index is 11.1. The fourth-order valence-electron chi connectivity index (χ4n) is 2.87. The van der Waals surface area contributed by atoms with Crippen LogP contribution in [0.1, 0.15) is 5.56 Å². The average molecular weight is 350 g/mol. The first kappa shape index (κ1) is 16.1. The molecular weight excluding hydrogens is 332 g/mol. The van der Waals surface area contributed by atoms with E-state index in [9.17, 15) is 4.79 Å². The van der Waals surface area contributed by atoms with E-state index < -0.39 is 0 Å². The van der Waals surface area contributed by atoms with Crippen LogP contribution in [0.3, 0.4) is 0 Å². The highest BCUT2D eigenvalue weighted by Crippen LogP contribution is 2.25. The van der Waals surface area contributed by atoms with Crippen LogP contribution in [0.5, 0.6) is 0 Å². The van der Waals surface area contributed by atoms with E-state index in [1.54, 1.807) is 23.1 Å². The number of alkyl carbamates (subject to hydrolysis) is 1. The number of hydrogen-bond donors (Lipinski definition) is 2. The molecule has 0 unspecified atom stereocenters. The van der Waals surface area contributed by atoms with Crippen LogP contribution >= 0.6 is 0 Å². The maximum atomic E-state index is 11.1. The van der Waals surface area contributed by atoms with Crippen LogP contribution in [0.2, 0.25) is 0 Å². The Morgan fingerprint density at radius 1 is 1.27 bits per heavy atom. The molecule has 2 aromatic heterocycles. The Hall–Kier alpha value is -3.42. The molecule has 4 rings (SSSR count). The van der Waals surface area contributed by atoms with Gasteiger partial charge in [0.2, 0.25) is 5.95 Å². The van der Waals surface area contributed by atoms with Crippen molar-refractivity contribution in [2.45, 2.75) is 19.6 Å². The highest BCUT2D eigenvalue weighted by atomic mass is 16.6. The number of aryl methyl sites for hydroxylation is 1. The molecule has 0 aliphatic carbocycles. The minimum atomic E-state index is -0.375. The van der Waals surface area contributed by atoms with Crippen molar-refractivity contribution in [1.29, 1.82) is 0 Å². The first-order valence-electron chi connectivity index (χ1n) is 8.29. The third-order valence-corrected chi connectivity index (χ3v) is 4.00. The van der Waals surface area contributed by atoms with Crippen LogP contribution in [0.4, 0.5) is 16.4 Å². The van der Waals surface area contributed by atoms with Gasteiger partial charge in [-0.25, -0.2) is 14.8 Å². The number of hydrogen-bond acceptors (Lipinski definition) is 6. The molecule has 1 aromatic carbocycles. The van der Waals surface area contributed by atoms with Crippen molar-refractivity contribution in [3.8, 4) is 11.1 Å². The lowest BCUT2D eigenvalue weighted by Crippen LogP contribution is -2.20. The van der Waals surface area contributed by atoms with Gasteiger partial charge in [0.1, 0.15) is 6.10 Å². The van der Waals surface area contributed by atoms with Gasteiger partial charge in [-0.05, 0) is 36.2 Å². The summed E-state index contributed by atoms with van der Waals surface area (Å²) in [7, 11) is 0. The second-order valence-corrected chi connectivity index (χ2v) is 6.14. The van der Waals surface area contributed by atoms with Crippen molar-refractivity contribution >= 4 is 17.7 Å². The van der Waals surface area contributed by atoms with E-state index in [4.69, 9.17) is 4.74 Å². The van der Waals surface area contributed by atoms with E-state index in [1.165, 1.54) is 0 Å². The van der Waals surface area contributed by atoms with Gasteiger partial charge in [0.05, 0.1) is 19.3 Å². The second kappa shape index (κ2) is 6.83. The monoisotopic (exact) mass is 350 g/mol. The molecule has 1 aliphatic rings. The van der Waals surface area contributed by atoms with Crippen molar-refractivity contribution in [2.75, 3.05) is 11.9 Å². The average Bonchev–Trinajstić information content (AvgIpc) is 3.25. The summed E-state index contributed by atoms with van der Waals surface area (Å²) in [5, 5.41) is 10.2. The summed E-state index contributed by atoms with van der Waals surface area (Å²) >= 11 is 0. The number of aromatic nitrogens is 4. The molecule has 2 N–H and O–H groups in total. The first-order valence-corrected chi connectivity index (χ1v) is 8.29. The number of rotatable bonds is 5. The van der Waals surface area contributed by atoms with Crippen LogP contribution < -0.4 is 10.6 Å². The maximum Gasteiger partial charge on any atom is 0.407 e. The van der Waals surface area contributed by atoms with E-state index in [0.29, 0.717) is 19.0 Å². The number of cyclic esters (lactones) is 1. The van der Waals surface area contributed by atoms with Crippen LogP contribution in [-0.2, 0) is 11.3 Å². The minimum absolute atomic E-state index is 0.194. The molecule has 3 aromatic rings. The molecule has 0 spiro atoms. The molecule has 26 heavy (non-hydrogen) atoms. The van der Waals surface area contributed by atoms with Crippen molar-refractivity contribution < 1.29 is 9.53 Å². The molecule has 132 valence electrons. The summed E-state index contributed by atoms with van der Waals surface area (Å²) in [6.45, 7) is 3.06. The number of ether oxygens (including phenoxy) is 1. The SMILES string of the molecule is Cc1cc(Nc2ncccn2)cc(-c2cnn(C[C@H]3CNC(=O)O3)c2)c1. The molecule has 0 radical (unpaired) electrons. The third-order valence-electron chi connectivity index (χ3n) is 4.00.